The van der Waals surface area contributed by atoms with Crippen LogP contribution in [-0.4, -0.2) is 26.4 Å². The van der Waals surface area contributed by atoms with Gasteiger partial charge in [0.25, 0.3) is 5.56 Å². The molecule has 3 heterocycles. The zero-order valence-corrected chi connectivity index (χ0v) is 17.9. The van der Waals surface area contributed by atoms with E-state index in [0.717, 1.165) is 34.0 Å². The van der Waals surface area contributed by atoms with Gasteiger partial charge in [0.05, 0.1) is 29.4 Å². The molecule has 0 N–H and O–H groups in total. The van der Waals surface area contributed by atoms with Crippen LogP contribution in [-0.2, 0) is 6.42 Å². The molecular formula is C26H22N4O2. The van der Waals surface area contributed by atoms with Gasteiger partial charge in [-0.2, -0.15) is 10.2 Å². The van der Waals surface area contributed by atoms with Crippen LogP contribution in [0.2, 0.25) is 0 Å². The molecule has 5 aromatic rings. The zero-order chi connectivity index (χ0) is 22.1. The maximum atomic E-state index is 13.8. The predicted molar refractivity (Wildman–Crippen MR) is 126 cm³/mol. The highest BCUT2D eigenvalue weighted by atomic mass is 16.5. The number of pyridine rings is 2. The van der Waals surface area contributed by atoms with Gasteiger partial charge in [-0.15, -0.1) is 0 Å². The Morgan fingerprint density at radius 3 is 2.56 bits per heavy atom. The Kier molecular flexibility index (Phi) is 5.11. The van der Waals surface area contributed by atoms with Gasteiger partial charge >= 0.3 is 0 Å². The molecular weight excluding hydrogens is 400 g/mol. The average Bonchev–Trinajstić information content (AvgIpc) is 2.84. The molecule has 0 bridgehead atoms. The highest BCUT2D eigenvalue weighted by Crippen LogP contribution is 2.28. The van der Waals surface area contributed by atoms with Crippen molar-refractivity contribution in [3.05, 3.63) is 89.0 Å². The first kappa shape index (κ1) is 19.9. The van der Waals surface area contributed by atoms with Gasteiger partial charge in [0.15, 0.2) is 0 Å². The standard InChI is InChI=1S/C26H22N4O2/c1-3-17-5-7-18(8-6-17)24-25-20(9-12-23(28-25)32-4-2)16-30(26(24)31)21-10-11-22-19(15-21)13-14-27-29-22/h5-16H,3-4H2,1-2H3. The molecule has 0 aliphatic carbocycles. The number of hydrogen-bond donors (Lipinski definition) is 0. The molecule has 158 valence electrons. The van der Waals surface area contributed by atoms with Crippen LogP contribution in [0.4, 0.5) is 0 Å². The van der Waals surface area contributed by atoms with Gasteiger partial charge in [-0.25, -0.2) is 4.98 Å². The average molecular weight is 422 g/mol. The molecule has 3 aromatic heterocycles. The van der Waals surface area contributed by atoms with Gasteiger partial charge in [-0.3, -0.25) is 9.36 Å². The molecule has 0 amide bonds. The van der Waals surface area contributed by atoms with Crippen molar-refractivity contribution in [2.75, 3.05) is 6.61 Å². The van der Waals surface area contributed by atoms with E-state index in [0.29, 0.717) is 23.6 Å². The molecule has 0 atom stereocenters. The van der Waals surface area contributed by atoms with Crippen molar-refractivity contribution in [3.8, 4) is 22.7 Å². The molecule has 6 heteroatoms. The highest BCUT2D eigenvalue weighted by Gasteiger charge is 2.16. The second-order valence-electron chi connectivity index (χ2n) is 7.52. The number of hydrogen-bond acceptors (Lipinski definition) is 5. The Bertz CT molecular complexity index is 1490. The number of nitrogens with zero attached hydrogens (tertiary/aromatic N) is 4. The van der Waals surface area contributed by atoms with Gasteiger partial charge in [0.2, 0.25) is 5.88 Å². The summed E-state index contributed by atoms with van der Waals surface area (Å²) >= 11 is 0. The highest BCUT2D eigenvalue weighted by molar-refractivity contribution is 5.93. The monoisotopic (exact) mass is 422 g/mol. The Balaban J connectivity index is 1.79. The summed E-state index contributed by atoms with van der Waals surface area (Å²) in [4.78, 5) is 18.5. The van der Waals surface area contributed by atoms with Crippen molar-refractivity contribution in [3.63, 3.8) is 0 Å². The molecule has 2 aromatic carbocycles. The third-order valence-corrected chi connectivity index (χ3v) is 5.56. The fourth-order valence-corrected chi connectivity index (χ4v) is 3.89. The summed E-state index contributed by atoms with van der Waals surface area (Å²) in [6, 6.07) is 19.5. The summed E-state index contributed by atoms with van der Waals surface area (Å²) < 4.78 is 7.29. The summed E-state index contributed by atoms with van der Waals surface area (Å²) in [7, 11) is 0. The Morgan fingerprint density at radius 1 is 0.938 bits per heavy atom. The van der Waals surface area contributed by atoms with Crippen LogP contribution in [0.1, 0.15) is 19.4 Å². The van der Waals surface area contributed by atoms with Gasteiger partial charge in [0, 0.05) is 28.7 Å². The van der Waals surface area contributed by atoms with Crippen LogP contribution in [0, 0.1) is 0 Å². The summed E-state index contributed by atoms with van der Waals surface area (Å²) in [5, 5.41) is 9.84. The van der Waals surface area contributed by atoms with Crippen molar-refractivity contribution in [2.45, 2.75) is 20.3 Å². The number of benzene rings is 2. The molecule has 0 unspecified atom stereocenters. The maximum Gasteiger partial charge on any atom is 0.265 e. The Labute approximate surface area is 185 Å². The number of aromatic nitrogens is 4. The molecule has 6 nitrogen and oxygen atoms in total. The summed E-state index contributed by atoms with van der Waals surface area (Å²) in [6.45, 7) is 4.54. The SMILES string of the molecule is CCOc1ccc2cn(-c3ccc4nnccc4c3)c(=O)c(-c3ccc(CC)cc3)c2n1. The minimum atomic E-state index is -0.135. The minimum Gasteiger partial charge on any atom is -0.478 e. The number of fused-ring (bicyclic) bond motifs is 2. The lowest BCUT2D eigenvalue weighted by Gasteiger charge is -2.14. The molecule has 0 saturated carbocycles. The van der Waals surface area contributed by atoms with E-state index in [2.05, 4.69) is 34.2 Å². The van der Waals surface area contributed by atoms with E-state index in [1.807, 2.05) is 61.7 Å². The molecule has 32 heavy (non-hydrogen) atoms. The lowest BCUT2D eigenvalue weighted by atomic mass is 10.0. The largest absolute Gasteiger partial charge is 0.478 e. The van der Waals surface area contributed by atoms with Gasteiger partial charge in [0.1, 0.15) is 0 Å². The van der Waals surface area contributed by atoms with E-state index in [-0.39, 0.29) is 5.56 Å². The summed E-state index contributed by atoms with van der Waals surface area (Å²) in [5.41, 5.74) is 4.64. The van der Waals surface area contributed by atoms with Crippen molar-refractivity contribution in [1.82, 2.24) is 19.7 Å². The zero-order valence-electron chi connectivity index (χ0n) is 17.9. The topological polar surface area (TPSA) is 69.9 Å². The molecule has 0 spiro atoms. The molecule has 0 fully saturated rings. The van der Waals surface area contributed by atoms with Crippen LogP contribution in [0.15, 0.2) is 77.9 Å². The minimum absolute atomic E-state index is 0.135. The maximum absolute atomic E-state index is 13.8. The molecule has 0 radical (unpaired) electrons. The van der Waals surface area contributed by atoms with Crippen molar-refractivity contribution < 1.29 is 4.74 Å². The van der Waals surface area contributed by atoms with Crippen molar-refractivity contribution in [2.24, 2.45) is 0 Å². The lowest BCUT2D eigenvalue weighted by Crippen LogP contribution is -2.20. The molecule has 5 rings (SSSR count). The summed E-state index contributed by atoms with van der Waals surface area (Å²) in [5.74, 6) is 0.507. The van der Waals surface area contributed by atoms with E-state index in [1.54, 1.807) is 10.8 Å². The van der Waals surface area contributed by atoms with Gasteiger partial charge in [-0.05, 0) is 54.8 Å². The van der Waals surface area contributed by atoms with E-state index < -0.39 is 0 Å². The second kappa shape index (κ2) is 8.23. The molecule has 0 saturated heterocycles. The quantitative estimate of drug-likeness (QED) is 0.400. The summed E-state index contributed by atoms with van der Waals surface area (Å²) in [6.07, 6.45) is 4.42. The first-order valence-corrected chi connectivity index (χ1v) is 10.7. The first-order valence-electron chi connectivity index (χ1n) is 10.7. The number of ether oxygens (including phenoxy) is 1. The lowest BCUT2D eigenvalue weighted by molar-refractivity contribution is 0.328. The molecule has 0 aliphatic heterocycles. The van der Waals surface area contributed by atoms with Crippen molar-refractivity contribution >= 4 is 21.8 Å². The van der Waals surface area contributed by atoms with Crippen LogP contribution in [0.25, 0.3) is 38.6 Å². The van der Waals surface area contributed by atoms with Gasteiger partial charge < -0.3 is 4.74 Å². The van der Waals surface area contributed by atoms with Gasteiger partial charge in [-0.1, -0.05) is 31.2 Å². The van der Waals surface area contributed by atoms with Crippen LogP contribution >= 0.6 is 0 Å². The fourth-order valence-electron chi connectivity index (χ4n) is 3.89. The molecule has 0 aliphatic rings. The van der Waals surface area contributed by atoms with Crippen molar-refractivity contribution in [1.29, 1.82) is 0 Å². The first-order chi connectivity index (χ1) is 15.7. The van der Waals surface area contributed by atoms with E-state index in [9.17, 15) is 4.79 Å². The van der Waals surface area contributed by atoms with E-state index >= 15 is 0 Å². The fraction of sp³-hybridized carbons (Fsp3) is 0.154. The van der Waals surface area contributed by atoms with Crippen LogP contribution in [0.3, 0.4) is 0 Å². The van der Waals surface area contributed by atoms with Crippen LogP contribution in [0.5, 0.6) is 5.88 Å². The third-order valence-electron chi connectivity index (χ3n) is 5.56. The third kappa shape index (κ3) is 3.50. The van der Waals surface area contributed by atoms with Crippen LogP contribution < -0.4 is 10.3 Å². The Morgan fingerprint density at radius 2 is 1.78 bits per heavy atom. The normalized spacial score (nSPS) is 11.2. The number of aryl methyl sites for hydroxylation is 1. The second-order valence-corrected chi connectivity index (χ2v) is 7.52. The number of rotatable bonds is 5. The van der Waals surface area contributed by atoms with E-state index in [1.165, 1.54) is 5.56 Å². The van der Waals surface area contributed by atoms with E-state index in [4.69, 9.17) is 4.74 Å². The predicted octanol–water partition coefficient (Wildman–Crippen LogP) is 4.96. The Hall–Kier alpha value is -4.06. The smallest absolute Gasteiger partial charge is 0.265 e.